The van der Waals surface area contributed by atoms with Crippen LogP contribution in [0.2, 0.25) is 5.02 Å². The van der Waals surface area contributed by atoms with E-state index in [0.717, 1.165) is 16.5 Å². The predicted octanol–water partition coefficient (Wildman–Crippen LogP) is 4.51. The van der Waals surface area contributed by atoms with Gasteiger partial charge in [0.2, 0.25) is 0 Å². The monoisotopic (exact) mass is 274 g/mol. The lowest BCUT2D eigenvalue weighted by molar-refractivity contribution is 1.17. The minimum atomic E-state index is 0.736. The molecule has 0 bridgehead atoms. The molecule has 2 nitrogen and oxygen atoms in total. The van der Waals surface area contributed by atoms with Crippen LogP contribution in [0.4, 0.5) is 0 Å². The lowest BCUT2D eigenvalue weighted by atomic mass is 10.2. The van der Waals surface area contributed by atoms with E-state index in [2.05, 4.69) is 28.2 Å². The molecule has 1 N–H and O–H groups in total. The summed E-state index contributed by atoms with van der Waals surface area (Å²) in [5.41, 5.74) is 2.16. The van der Waals surface area contributed by atoms with Gasteiger partial charge in [-0.25, -0.2) is 0 Å². The average Bonchev–Trinajstić information content (AvgIpc) is 2.80. The molecule has 0 amide bonds. The fraction of sp³-hybridized carbons (Fsp3) is 0.0714. The van der Waals surface area contributed by atoms with Crippen LogP contribution >= 0.6 is 23.4 Å². The number of hydrogen-bond acceptors (Lipinski definition) is 2. The van der Waals surface area contributed by atoms with E-state index >= 15 is 0 Å². The van der Waals surface area contributed by atoms with Gasteiger partial charge in [-0.05, 0) is 18.2 Å². The molecule has 2 heterocycles. The van der Waals surface area contributed by atoms with Crippen molar-refractivity contribution in [2.45, 2.75) is 10.6 Å². The van der Waals surface area contributed by atoms with E-state index in [0.29, 0.717) is 0 Å². The Kier molecular flexibility index (Phi) is 3.26. The summed E-state index contributed by atoms with van der Waals surface area (Å²) < 4.78 is 0. The maximum Gasteiger partial charge on any atom is 0.0521 e. The zero-order valence-electron chi connectivity index (χ0n) is 9.56. The lowest BCUT2D eigenvalue weighted by Gasteiger charge is -2.00. The molecule has 3 rings (SSSR count). The molecule has 4 heteroatoms. The number of thioether (sulfide) groups is 1. The second-order valence-corrected chi connectivity index (χ2v) is 5.41. The summed E-state index contributed by atoms with van der Waals surface area (Å²) in [5.74, 6) is 0.822. The standard InChI is InChI=1S/C14H11ClN2S/c15-10-5-6-16-11(7-10)9-18-14-8-17-13-4-2-1-3-12(13)14/h1-8,17H,9H2. The molecule has 90 valence electrons. The highest BCUT2D eigenvalue weighted by Crippen LogP contribution is 2.29. The van der Waals surface area contributed by atoms with Crippen molar-refractivity contribution < 1.29 is 0 Å². The number of rotatable bonds is 3. The number of aromatic nitrogens is 2. The summed E-state index contributed by atoms with van der Waals surface area (Å²) in [6.07, 6.45) is 3.79. The first-order valence-electron chi connectivity index (χ1n) is 5.62. The van der Waals surface area contributed by atoms with Crippen LogP contribution in [0.5, 0.6) is 0 Å². The number of aromatic amines is 1. The maximum absolute atomic E-state index is 5.95. The molecule has 2 aromatic heterocycles. The van der Waals surface area contributed by atoms with Gasteiger partial charge in [0.1, 0.15) is 0 Å². The smallest absolute Gasteiger partial charge is 0.0521 e. The fourth-order valence-electron chi connectivity index (χ4n) is 1.84. The Morgan fingerprint density at radius 1 is 1.22 bits per heavy atom. The van der Waals surface area contributed by atoms with Gasteiger partial charge in [0.15, 0.2) is 0 Å². The van der Waals surface area contributed by atoms with Crippen molar-refractivity contribution in [2.75, 3.05) is 0 Å². The van der Waals surface area contributed by atoms with Crippen molar-refractivity contribution in [1.29, 1.82) is 0 Å². The highest BCUT2D eigenvalue weighted by atomic mass is 35.5. The van der Waals surface area contributed by atoms with Crippen LogP contribution in [0, 0.1) is 0 Å². The van der Waals surface area contributed by atoms with Crippen molar-refractivity contribution in [3.05, 3.63) is 59.5 Å². The van der Waals surface area contributed by atoms with Crippen LogP contribution < -0.4 is 0 Å². The summed E-state index contributed by atoms with van der Waals surface area (Å²) >= 11 is 7.71. The van der Waals surface area contributed by atoms with Gasteiger partial charge >= 0.3 is 0 Å². The molecule has 0 atom stereocenters. The molecule has 0 aliphatic rings. The second kappa shape index (κ2) is 5.04. The van der Waals surface area contributed by atoms with Gasteiger partial charge in [-0.1, -0.05) is 29.8 Å². The van der Waals surface area contributed by atoms with Gasteiger partial charge in [-0.2, -0.15) is 0 Å². The summed E-state index contributed by atoms with van der Waals surface area (Å²) in [5, 5.41) is 1.99. The molecule has 0 saturated heterocycles. The number of benzene rings is 1. The Balaban J connectivity index is 1.81. The number of H-pyrrole nitrogens is 1. The van der Waals surface area contributed by atoms with Crippen molar-refractivity contribution in [1.82, 2.24) is 9.97 Å². The maximum atomic E-state index is 5.95. The van der Waals surface area contributed by atoms with E-state index in [9.17, 15) is 0 Å². The van der Waals surface area contributed by atoms with Gasteiger partial charge in [-0.15, -0.1) is 11.8 Å². The van der Waals surface area contributed by atoms with Crippen molar-refractivity contribution >= 4 is 34.3 Å². The Hall–Kier alpha value is -1.45. The largest absolute Gasteiger partial charge is 0.360 e. The topological polar surface area (TPSA) is 28.7 Å². The van der Waals surface area contributed by atoms with Gasteiger partial charge in [0.05, 0.1) is 5.69 Å². The van der Waals surface area contributed by atoms with Crippen molar-refractivity contribution in [3.8, 4) is 0 Å². The van der Waals surface area contributed by atoms with Crippen molar-refractivity contribution in [3.63, 3.8) is 0 Å². The van der Waals surface area contributed by atoms with Gasteiger partial charge in [0.25, 0.3) is 0 Å². The summed E-state index contributed by atoms with van der Waals surface area (Å²) in [4.78, 5) is 8.82. The van der Waals surface area contributed by atoms with Crippen LogP contribution in [-0.2, 0) is 5.75 Å². The summed E-state index contributed by atoms with van der Waals surface area (Å²) in [6.45, 7) is 0. The molecule has 3 aromatic rings. The van der Waals surface area contributed by atoms with Crippen LogP contribution in [0.25, 0.3) is 10.9 Å². The molecule has 0 unspecified atom stereocenters. The van der Waals surface area contributed by atoms with Crippen LogP contribution in [-0.4, -0.2) is 9.97 Å². The molecular weight excluding hydrogens is 264 g/mol. The number of para-hydroxylation sites is 1. The van der Waals surface area contributed by atoms with E-state index < -0.39 is 0 Å². The number of nitrogens with zero attached hydrogens (tertiary/aromatic N) is 1. The molecule has 1 aromatic carbocycles. The van der Waals surface area contributed by atoms with Crippen LogP contribution in [0.1, 0.15) is 5.69 Å². The Labute approximate surface area is 114 Å². The molecule has 0 radical (unpaired) electrons. The third kappa shape index (κ3) is 2.37. The number of halogens is 1. The van der Waals surface area contributed by atoms with E-state index in [1.165, 1.54) is 15.8 Å². The van der Waals surface area contributed by atoms with E-state index in [-0.39, 0.29) is 0 Å². The third-order valence-corrected chi connectivity index (χ3v) is 4.03. The number of nitrogens with one attached hydrogen (secondary N) is 1. The zero-order valence-corrected chi connectivity index (χ0v) is 11.1. The highest BCUT2D eigenvalue weighted by molar-refractivity contribution is 7.98. The average molecular weight is 275 g/mol. The Morgan fingerprint density at radius 3 is 3.00 bits per heavy atom. The molecule has 0 saturated carbocycles. The van der Waals surface area contributed by atoms with Gasteiger partial charge < -0.3 is 4.98 Å². The number of pyridine rings is 1. The molecule has 18 heavy (non-hydrogen) atoms. The molecule has 0 aliphatic heterocycles. The molecular formula is C14H11ClN2S. The second-order valence-electron chi connectivity index (χ2n) is 3.95. The highest BCUT2D eigenvalue weighted by Gasteiger charge is 2.04. The SMILES string of the molecule is Clc1ccnc(CSc2c[nH]c3ccccc23)c1. The van der Waals surface area contributed by atoms with Crippen LogP contribution in [0.3, 0.4) is 0 Å². The Bertz CT molecular complexity index is 678. The normalized spacial score (nSPS) is 10.9. The van der Waals surface area contributed by atoms with E-state index in [1.807, 2.05) is 18.3 Å². The van der Waals surface area contributed by atoms with E-state index in [1.54, 1.807) is 24.0 Å². The molecule has 0 aliphatic carbocycles. The molecule has 0 fully saturated rings. The summed E-state index contributed by atoms with van der Waals surface area (Å²) in [7, 11) is 0. The first-order chi connectivity index (χ1) is 8.83. The zero-order chi connectivity index (χ0) is 12.4. The van der Waals surface area contributed by atoms with Crippen molar-refractivity contribution in [2.24, 2.45) is 0 Å². The van der Waals surface area contributed by atoms with E-state index in [4.69, 9.17) is 11.6 Å². The Morgan fingerprint density at radius 2 is 2.11 bits per heavy atom. The minimum absolute atomic E-state index is 0.736. The van der Waals surface area contributed by atoms with Gasteiger partial charge in [-0.3, -0.25) is 4.98 Å². The number of fused-ring (bicyclic) bond motifs is 1. The first kappa shape index (κ1) is 11.6. The lowest BCUT2D eigenvalue weighted by Crippen LogP contribution is -1.85. The van der Waals surface area contributed by atoms with Crippen LogP contribution in [0.15, 0.2) is 53.7 Å². The fourth-order valence-corrected chi connectivity index (χ4v) is 2.96. The minimum Gasteiger partial charge on any atom is -0.360 e. The predicted molar refractivity (Wildman–Crippen MR) is 77.1 cm³/mol. The first-order valence-corrected chi connectivity index (χ1v) is 6.98. The third-order valence-electron chi connectivity index (χ3n) is 2.71. The summed E-state index contributed by atoms with van der Waals surface area (Å²) in [6, 6.07) is 12.0. The van der Waals surface area contributed by atoms with Gasteiger partial charge in [0, 0.05) is 39.0 Å². The quantitative estimate of drug-likeness (QED) is 0.712. The number of hydrogen-bond donors (Lipinski definition) is 1. The molecule has 0 spiro atoms.